The number of nitrogens with one attached hydrogen (secondary N) is 2. The van der Waals surface area contributed by atoms with Gasteiger partial charge in [0.1, 0.15) is 0 Å². The molecule has 0 spiro atoms. The Morgan fingerprint density at radius 1 is 1.15 bits per heavy atom. The van der Waals surface area contributed by atoms with Crippen molar-refractivity contribution in [2.45, 2.75) is 44.9 Å². The lowest BCUT2D eigenvalue weighted by molar-refractivity contribution is -0.137. The van der Waals surface area contributed by atoms with Crippen molar-refractivity contribution in [2.24, 2.45) is 17.8 Å². The van der Waals surface area contributed by atoms with Crippen LogP contribution in [0.5, 0.6) is 0 Å². The van der Waals surface area contributed by atoms with E-state index in [1.165, 1.54) is 0 Å². The summed E-state index contributed by atoms with van der Waals surface area (Å²) in [7, 11) is 1.65. The minimum absolute atomic E-state index is 0.00559. The molecule has 1 saturated heterocycles. The molecule has 1 aliphatic carbocycles. The summed E-state index contributed by atoms with van der Waals surface area (Å²) in [6, 6.07) is 5.47. The van der Waals surface area contributed by atoms with Gasteiger partial charge in [-0.15, -0.1) is 0 Å². The molecule has 27 heavy (non-hydrogen) atoms. The maximum atomic E-state index is 12.8. The fourth-order valence-corrected chi connectivity index (χ4v) is 4.50. The summed E-state index contributed by atoms with van der Waals surface area (Å²) in [5, 5.41) is 6.28. The van der Waals surface area contributed by atoms with E-state index in [4.69, 9.17) is 0 Å². The SMILES string of the molecule is CNC(=O)[C@@H](N[C@H]1CC[C@@H]2CN(c3ccc(C(F)(F)F)cc3)C[C@@H]21)C(C)C. The van der Waals surface area contributed by atoms with E-state index in [1.807, 2.05) is 13.8 Å². The fraction of sp³-hybridized carbons (Fsp3) is 0.650. The zero-order valence-electron chi connectivity index (χ0n) is 16.0. The predicted octanol–water partition coefficient (Wildman–Crippen LogP) is 3.28. The van der Waals surface area contributed by atoms with Gasteiger partial charge in [-0.3, -0.25) is 4.79 Å². The van der Waals surface area contributed by atoms with Crippen LogP contribution in [0.4, 0.5) is 18.9 Å². The predicted molar refractivity (Wildman–Crippen MR) is 99.5 cm³/mol. The van der Waals surface area contributed by atoms with Gasteiger partial charge in [0.15, 0.2) is 0 Å². The van der Waals surface area contributed by atoms with E-state index in [-0.39, 0.29) is 23.9 Å². The number of hydrogen-bond donors (Lipinski definition) is 2. The van der Waals surface area contributed by atoms with Gasteiger partial charge in [0.25, 0.3) is 0 Å². The lowest BCUT2D eigenvalue weighted by Crippen LogP contribution is -2.52. The minimum Gasteiger partial charge on any atom is -0.371 e. The molecule has 0 bridgehead atoms. The number of fused-ring (bicyclic) bond motifs is 1. The molecule has 0 radical (unpaired) electrons. The first-order valence-electron chi connectivity index (χ1n) is 9.60. The van der Waals surface area contributed by atoms with Crippen molar-refractivity contribution in [3.8, 4) is 0 Å². The van der Waals surface area contributed by atoms with Crippen molar-refractivity contribution in [3.63, 3.8) is 0 Å². The quantitative estimate of drug-likeness (QED) is 0.820. The zero-order valence-corrected chi connectivity index (χ0v) is 16.0. The molecule has 1 aromatic carbocycles. The number of likely N-dealkylation sites (N-methyl/N-ethyl adjacent to an activating group) is 1. The zero-order chi connectivity index (χ0) is 19.8. The monoisotopic (exact) mass is 383 g/mol. The molecule has 1 aliphatic heterocycles. The molecular weight excluding hydrogens is 355 g/mol. The standard InChI is InChI=1S/C20H28F3N3O/c1-12(2)18(19(27)24-3)25-17-9-4-13-10-26(11-16(13)17)15-7-5-14(6-8-15)20(21,22)23/h5-8,12-13,16-18,25H,4,9-11H2,1-3H3,(H,24,27)/t13-,16+,17+,18+/m1/s1. The van der Waals surface area contributed by atoms with Crippen LogP contribution in [0.3, 0.4) is 0 Å². The Labute approximate surface area is 158 Å². The van der Waals surface area contributed by atoms with Crippen LogP contribution in [0.25, 0.3) is 0 Å². The molecule has 0 unspecified atom stereocenters. The van der Waals surface area contributed by atoms with Gasteiger partial charge >= 0.3 is 6.18 Å². The first-order valence-corrected chi connectivity index (χ1v) is 9.60. The number of benzene rings is 1. The Balaban J connectivity index is 1.66. The highest BCUT2D eigenvalue weighted by molar-refractivity contribution is 5.81. The summed E-state index contributed by atoms with van der Waals surface area (Å²) in [5.41, 5.74) is 0.221. The number of nitrogens with zero attached hydrogens (tertiary/aromatic N) is 1. The Kier molecular flexibility index (Phi) is 5.70. The average Bonchev–Trinajstić information content (AvgIpc) is 3.19. The van der Waals surface area contributed by atoms with Crippen LogP contribution < -0.4 is 15.5 Å². The topological polar surface area (TPSA) is 44.4 Å². The molecule has 1 amide bonds. The smallest absolute Gasteiger partial charge is 0.371 e. The summed E-state index contributed by atoms with van der Waals surface area (Å²) >= 11 is 0. The first-order chi connectivity index (χ1) is 12.7. The molecule has 2 N–H and O–H groups in total. The van der Waals surface area contributed by atoms with Gasteiger partial charge in [-0.2, -0.15) is 13.2 Å². The molecule has 7 heteroatoms. The highest BCUT2D eigenvalue weighted by atomic mass is 19.4. The molecule has 2 aliphatic rings. The third-order valence-electron chi connectivity index (χ3n) is 6.01. The first kappa shape index (κ1) is 20.0. The highest BCUT2D eigenvalue weighted by Gasteiger charge is 2.44. The van der Waals surface area contributed by atoms with E-state index in [2.05, 4.69) is 15.5 Å². The normalized spacial score (nSPS) is 26.3. The average molecular weight is 383 g/mol. The van der Waals surface area contributed by atoms with E-state index < -0.39 is 11.7 Å². The summed E-state index contributed by atoms with van der Waals surface area (Å²) < 4.78 is 38.3. The van der Waals surface area contributed by atoms with E-state index in [0.717, 1.165) is 43.8 Å². The third kappa shape index (κ3) is 4.23. The second-order valence-electron chi connectivity index (χ2n) is 8.06. The second-order valence-corrected chi connectivity index (χ2v) is 8.06. The highest BCUT2D eigenvalue weighted by Crippen LogP contribution is 2.41. The number of carbonyl (C=O) groups is 1. The second kappa shape index (κ2) is 7.70. The maximum absolute atomic E-state index is 12.8. The molecule has 1 saturated carbocycles. The van der Waals surface area contributed by atoms with Crippen LogP contribution in [-0.4, -0.2) is 38.1 Å². The lowest BCUT2D eigenvalue weighted by Gasteiger charge is -2.29. The number of carbonyl (C=O) groups excluding carboxylic acids is 1. The van der Waals surface area contributed by atoms with Crippen LogP contribution >= 0.6 is 0 Å². The van der Waals surface area contributed by atoms with Crippen LogP contribution in [-0.2, 0) is 11.0 Å². The van der Waals surface area contributed by atoms with E-state index in [1.54, 1.807) is 19.2 Å². The summed E-state index contributed by atoms with van der Waals surface area (Å²) in [5.74, 6) is 1.13. The summed E-state index contributed by atoms with van der Waals surface area (Å²) in [6.07, 6.45) is -2.19. The van der Waals surface area contributed by atoms with Crippen LogP contribution in [0, 0.1) is 17.8 Å². The van der Waals surface area contributed by atoms with Gasteiger partial charge in [0.2, 0.25) is 5.91 Å². The Bertz CT molecular complexity index is 659. The van der Waals surface area contributed by atoms with Crippen LogP contribution in [0.15, 0.2) is 24.3 Å². The molecule has 4 nitrogen and oxygen atoms in total. The van der Waals surface area contributed by atoms with Gasteiger partial charge in [-0.1, -0.05) is 13.8 Å². The molecule has 1 heterocycles. The van der Waals surface area contributed by atoms with Crippen LogP contribution in [0.2, 0.25) is 0 Å². The number of halogens is 3. The summed E-state index contributed by atoms with van der Waals surface area (Å²) in [4.78, 5) is 14.3. The van der Waals surface area contributed by atoms with Crippen molar-refractivity contribution in [1.82, 2.24) is 10.6 Å². The molecule has 3 rings (SSSR count). The van der Waals surface area contributed by atoms with E-state index in [0.29, 0.717) is 11.8 Å². The van der Waals surface area contributed by atoms with Gasteiger partial charge in [0.05, 0.1) is 11.6 Å². The van der Waals surface area contributed by atoms with Gasteiger partial charge in [-0.25, -0.2) is 0 Å². The number of anilines is 1. The van der Waals surface area contributed by atoms with Crippen molar-refractivity contribution < 1.29 is 18.0 Å². The largest absolute Gasteiger partial charge is 0.416 e. The molecular formula is C20H28F3N3O. The molecule has 150 valence electrons. The van der Waals surface area contributed by atoms with E-state index in [9.17, 15) is 18.0 Å². The molecule has 4 atom stereocenters. The number of rotatable bonds is 5. The van der Waals surface area contributed by atoms with Gasteiger partial charge in [0, 0.05) is 31.9 Å². The molecule has 1 aromatic rings. The molecule has 2 fully saturated rings. The maximum Gasteiger partial charge on any atom is 0.416 e. The van der Waals surface area contributed by atoms with Crippen molar-refractivity contribution in [1.29, 1.82) is 0 Å². The summed E-state index contributed by atoms with van der Waals surface area (Å²) in [6.45, 7) is 5.73. The third-order valence-corrected chi connectivity index (χ3v) is 6.01. The number of alkyl halides is 3. The Morgan fingerprint density at radius 3 is 2.37 bits per heavy atom. The number of amides is 1. The van der Waals surface area contributed by atoms with Gasteiger partial charge in [-0.05, 0) is 54.9 Å². The Hall–Kier alpha value is -1.76. The van der Waals surface area contributed by atoms with E-state index >= 15 is 0 Å². The van der Waals surface area contributed by atoms with Crippen molar-refractivity contribution in [2.75, 3.05) is 25.0 Å². The Morgan fingerprint density at radius 2 is 1.81 bits per heavy atom. The fourth-order valence-electron chi connectivity index (χ4n) is 4.50. The van der Waals surface area contributed by atoms with Crippen LogP contribution in [0.1, 0.15) is 32.3 Å². The van der Waals surface area contributed by atoms with Crippen molar-refractivity contribution >= 4 is 11.6 Å². The van der Waals surface area contributed by atoms with Crippen molar-refractivity contribution in [3.05, 3.63) is 29.8 Å². The number of hydrogen-bond acceptors (Lipinski definition) is 3. The van der Waals surface area contributed by atoms with Gasteiger partial charge < -0.3 is 15.5 Å². The lowest BCUT2D eigenvalue weighted by atomic mass is 9.95. The molecule has 0 aromatic heterocycles. The minimum atomic E-state index is -4.30.